The van der Waals surface area contributed by atoms with Crippen LogP contribution in [0.5, 0.6) is 0 Å². The second-order valence-corrected chi connectivity index (χ2v) is 10.2. The molecular formula is C23H24Cl2N2O2S. The Morgan fingerprint density at radius 1 is 1.33 bits per heavy atom. The number of hydrogen-bond donors (Lipinski definition) is 1. The van der Waals surface area contributed by atoms with E-state index in [0.29, 0.717) is 16.0 Å². The minimum atomic E-state index is -0.764. The van der Waals surface area contributed by atoms with Gasteiger partial charge in [0.05, 0.1) is 23.2 Å². The van der Waals surface area contributed by atoms with Gasteiger partial charge >= 0.3 is 5.97 Å². The number of carboxylic acid groups (broad SMARTS) is 1. The van der Waals surface area contributed by atoms with Gasteiger partial charge in [-0.3, -0.25) is 9.78 Å². The van der Waals surface area contributed by atoms with Crippen LogP contribution >= 0.6 is 35.0 Å². The van der Waals surface area contributed by atoms with Crippen LogP contribution in [0, 0.1) is 5.92 Å². The van der Waals surface area contributed by atoms with Gasteiger partial charge in [-0.25, -0.2) is 0 Å². The average molecular weight is 463 g/mol. The van der Waals surface area contributed by atoms with E-state index in [1.54, 1.807) is 17.8 Å². The highest BCUT2D eigenvalue weighted by atomic mass is 35.5. The molecule has 4 nitrogen and oxygen atoms in total. The van der Waals surface area contributed by atoms with E-state index in [1.165, 1.54) is 10.9 Å². The topological polar surface area (TPSA) is 55.1 Å². The molecule has 3 heterocycles. The van der Waals surface area contributed by atoms with Crippen molar-refractivity contribution in [2.45, 2.75) is 61.8 Å². The molecule has 158 valence electrons. The maximum Gasteiger partial charge on any atom is 0.304 e. The zero-order valence-corrected chi connectivity index (χ0v) is 19.3. The quantitative estimate of drug-likeness (QED) is 0.426. The van der Waals surface area contributed by atoms with Crippen LogP contribution in [-0.4, -0.2) is 20.6 Å². The summed E-state index contributed by atoms with van der Waals surface area (Å²) in [7, 11) is 0. The van der Waals surface area contributed by atoms with E-state index >= 15 is 0 Å². The number of halogens is 2. The summed E-state index contributed by atoms with van der Waals surface area (Å²) in [6.45, 7) is 5.28. The van der Waals surface area contributed by atoms with Crippen LogP contribution in [0.25, 0.3) is 10.9 Å². The summed E-state index contributed by atoms with van der Waals surface area (Å²) in [5.74, 6) is -0.301. The molecule has 30 heavy (non-hydrogen) atoms. The van der Waals surface area contributed by atoms with Crippen molar-refractivity contribution in [2.24, 2.45) is 5.92 Å². The van der Waals surface area contributed by atoms with E-state index < -0.39 is 5.97 Å². The first-order chi connectivity index (χ1) is 14.3. The largest absolute Gasteiger partial charge is 0.481 e. The second kappa shape index (κ2) is 8.81. The Hall–Kier alpha value is -1.69. The van der Waals surface area contributed by atoms with Crippen LogP contribution in [0.15, 0.2) is 40.4 Å². The lowest BCUT2D eigenvalue weighted by Crippen LogP contribution is -2.18. The van der Waals surface area contributed by atoms with Crippen molar-refractivity contribution in [1.29, 1.82) is 0 Å². The number of fused-ring (bicyclic) bond motifs is 3. The molecule has 1 unspecified atom stereocenters. The molecule has 1 aliphatic heterocycles. The normalized spacial score (nSPS) is 16.2. The minimum Gasteiger partial charge on any atom is -0.481 e. The molecule has 3 aromatic rings. The lowest BCUT2D eigenvalue weighted by atomic mass is 9.92. The first kappa shape index (κ1) is 21.5. The number of benzene rings is 1. The van der Waals surface area contributed by atoms with E-state index in [-0.39, 0.29) is 12.3 Å². The smallest absolute Gasteiger partial charge is 0.304 e. The zero-order valence-electron chi connectivity index (χ0n) is 17.0. The third-order valence-corrected chi connectivity index (χ3v) is 7.38. The molecule has 7 heteroatoms. The molecule has 2 aromatic heterocycles. The molecule has 1 aromatic carbocycles. The molecular weight excluding hydrogens is 439 g/mol. The Labute approximate surface area is 190 Å². The van der Waals surface area contributed by atoms with Gasteiger partial charge in [-0.2, -0.15) is 0 Å². The van der Waals surface area contributed by atoms with Gasteiger partial charge in [-0.15, -0.1) is 0 Å². The Balaban J connectivity index is 1.95. The lowest BCUT2D eigenvalue weighted by molar-refractivity contribution is -0.137. The van der Waals surface area contributed by atoms with E-state index in [2.05, 4.69) is 23.4 Å². The van der Waals surface area contributed by atoms with Crippen LogP contribution in [0.1, 0.15) is 50.3 Å². The fourth-order valence-electron chi connectivity index (χ4n) is 4.39. The van der Waals surface area contributed by atoms with Gasteiger partial charge in [-0.1, -0.05) is 48.8 Å². The molecule has 1 atom stereocenters. The van der Waals surface area contributed by atoms with Gasteiger partial charge in [0, 0.05) is 44.6 Å². The monoisotopic (exact) mass is 462 g/mol. The van der Waals surface area contributed by atoms with Crippen LogP contribution in [0.2, 0.25) is 10.0 Å². The van der Waals surface area contributed by atoms with Crippen molar-refractivity contribution >= 4 is 51.8 Å². The molecule has 0 aliphatic carbocycles. The van der Waals surface area contributed by atoms with Gasteiger partial charge in [-0.05, 0) is 48.9 Å². The second-order valence-electron chi connectivity index (χ2n) is 8.27. The Morgan fingerprint density at radius 2 is 2.13 bits per heavy atom. The third kappa shape index (κ3) is 4.20. The molecule has 0 bridgehead atoms. The Morgan fingerprint density at radius 3 is 2.83 bits per heavy atom. The van der Waals surface area contributed by atoms with Crippen molar-refractivity contribution in [3.05, 3.63) is 51.9 Å². The highest BCUT2D eigenvalue weighted by Gasteiger charge is 2.31. The van der Waals surface area contributed by atoms with E-state index in [0.717, 1.165) is 46.8 Å². The standard InChI is InChI=1S/C23H24Cl2N2O2S/c1-13(2)8-15-11-26-12-18-21(15)23(30-19-6-5-16(24)10-17(19)25)22-14(9-20(28)29)4-3-7-27(18)22/h5-6,10-14H,3-4,7-9H2,1-2H3,(H,28,29). The van der Waals surface area contributed by atoms with Gasteiger partial charge in [0.25, 0.3) is 0 Å². The maximum atomic E-state index is 11.6. The summed E-state index contributed by atoms with van der Waals surface area (Å²) in [5, 5.41) is 11.9. The highest BCUT2D eigenvalue weighted by Crippen LogP contribution is 2.48. The predicted octanol–water partition coefficient (Wildman–Crippen LogP) is 7.04. The van der Waals surface area contributed by atoms with E-state index in [1.807, 2.05) is 24.5 Å². The van der Waals surface area contributed by atoms with Crippen LogP contribution < -0.4 is 0 Å². The van der Waals surface area contributed by atoms with Crippen molar-refractivity contribution in [1.82, 2.24) is 9.55 Å². The molecule has 0 radical (unpaired) electrons. The number of carboxylic acids is 1. The SMILES string of the molecule is CC(C)Cc1cncc2c1c(Sc1ccc(Cl)cc1Cl)c1n2CCCC1CC(=O)O. The number of pyridine rings is 1. The molecule has 0 saturated carbocycles. The summed E-state index contributed by atoms with van der Waals surface area (Å²) >= 11 is 14.2. The number of hydrogen-bond acceptors (Lipinski definition) is 3. The first-order valence-corrected chi connectivity index (χ1v) is 11.8. The fourth-order valence-corrected chi connectivity index (χ4v) is 6.15. The molecule has 0 spiro atoms. The minimum absolute atomic E-state index is 0.0240. The highest BCUT2D eigenvalue weighted by molar-refractivity contribution is 7.99. The zero-order chi connectivity index (χ0) is 21.4. The maximum absolute atomic E-state index is 11.6. The van der Waals surface area contributed by atoms with Gasteiger partial charge < -0.3 is 9.67 Å². The number of aryl methyl sites for hydroxylation is 1. The first-order valence-electron chi connectivity index (χ1n) is 10.2. The molecule has 1 N–H and O–H groups in total. The van der Waals surface area contributed by atoms with Crippen molar-refractivity contribution in [3.63, 3.8) is 0 Å². The number of aliphatic carboxylic acids is 1. The summed E-state index contributed by atoms with van der Waals surface area (Å²) in [5.41, 5.74) is 3.39. The number of rotatable bonds is 6. The van der Waals surface area contributed by atoms with Crippen LogP contribution in [0.4, 0.5) is 0 Å². The molecule has 0 saturated heterocycles. The number of nitrogens with zero attached hydrogens (tertiary/aromatic N) is 2. The number of aromatic nitrogens is 2. The van der Waals surface area contributed by atoms with E-state index in [4.69, 9.17) is 23.2 Å². The number of carbonyl (C=O) groups is 1. The third-order valence-electron chi connectivity index (χ3n) is 5.52. The Kier molecular flexibility index (Phi) is 6.33. The summed E-state index contributed by atoms with van der Waals surface area (Å²) in [6.07, 6.45) is 6.75. The molecule has 4 rings (SSSR count). The van der Waals surface area contributed by atoms with Gasteiger partial charge in [0.2, 0.25) is 0 Å². The van der Waals surface area contributed by atoms with Crippen LogP contribution in [-0.2, 0) is 17.8 Å². The molecule has 0 fully saturated rings. The summed E-state index contributed by atoms with van der Waals surface area (Å²) < 4.78 is 2.29. The lowest BCUT2D eigenvalue weighted by Gasteiger charge is -2.25. The van der Waals surface area contributed by atoms with E-state index in [9.17, 15) is 9.90 Å². The Bertz CT molecular complexity index is 1110. The molecule has 1 aliphatic rings. The van der Waals surface area contributed by atoms with Gasteiger partial charge in [0.1, 0.15) is 0 Å². The molecule has 0 amide bonds. The summed E-state index contributed by atoms with van der Waals surface area (Å²) in [4.78, 5) is 18.2. The summed E-state index contributed by atoms with van der Waals surface area (Å²) in [6, 6.07) is 5.52. The predicted molar refractivity (Wildman–Crippen MR) is 123 cm³/mol. The average Bonchev–Trinajstić information content (AvgIpc) is 2.99. The van der Waals surface area contributed by atoms with Gasteiger partial charge in [0.15, 0.2) is 0 Å². The van der Waals surface area contributed by atoms with Crippen molar-refractivity contribution in [2.75, 3.05) is 0 Å². The van der Waals surface area contributed by atoms with Crippen molar-refractivity contribution in [3.8, 4) is 0 Å². The van der Waals surface area contributed by atoms with Crippen LogP contribution in [0.3, 0.4) is 0 Å². The fraction of sp³-hybridized carbons (Fsp3) is 0.391. The van der Waals surface area contributed by atoms with Crippen molar-refractivity contribution < 1.29 is 9.90 Å².